The lowest BCUT2D eigenvalue weighted by molar-refractivity contribution is -0.0807. The Labute approximate surface area is 161 Å². The molecule has 1 aromatic rings. The molecule has 1 amide bonds. The third-order valence-corrected chi connectivity index (χ3v) is 6.45. The molecule has 0 unspecified atom stereocenters. The number of carbonyl (C=O) groups is 1. The minimum Gasteiger partial charge on any atom is -0.497 e. The minimum absolute atomic E-state index is 0.0359. The summed E-state index contributed by atoms with van der Waals surface area (Å²) in [5, 5.41) is 0. The normalized spacial score (nSPS) is 28.2. The van der Waals surface area contributed by atoms with E-state index in [2.05, 4.69) is 4.90 Å². The van der Waals surface area contributed by atoms with Crippen LogP contribution in [-0.2, 0) is 4.74 Å². The summed E-state index contributed by atoms with van der Waals surface area (Å²) >= 11 is 0. The zero-order chi connectivity index (χ0) is 18.9. The van der Waals surface area contributed by atoms with Gasteiger partial charge in [0.1, 0.15) is 11.5 Å². The van der Waals surface area contributed by atoms with E-state index in [1.54, 1.807) is 26.4 Å². The number of methoxy groups -OCH3 is 2. The summed E-state index contributed by atoms with van der Waals surface area (Å²) in [5.41, 5.74) is 0.713. The van der Waals surface area contributed by atoms with Gasteiger partial charge >= 0.3 is 0 Å². The Morgan fingerprint density at radius 2 is 2.11 bits per heavy atom. The van der Waals surface area contributed by atoms with Crippen LogP contribution in [0.3, 0.4) is 0 Å². The van der Waals surface area contributed by atoms with Gasteiger partial charge in [-0.3, -0.25) is 9.69 Å². The quantitative estimate of drug-likeness (QED) is 0.793. The lowest BCUT2D eigenvalue weighted by Gasteiger charge is -2.57. The molecule has 6 heteroatoms. The Bertz CT molecular complexity index is 689. The summed E-state index contributed by atoms with van der Waals surface area (Å²) in [5.74, 6) is 1.31. The fourth-order valence-electron chi connectivity index (χ4n) is 4.80. The SMILES string of the molecule is COc1ccc(OC)c(C(=O)N2CCC[C@]3(CCN3C[C@H]3CCCO3)C2)c1. The maximum Gasteiger partial charge on any atom is 0.257 e. The summed E-state index contributed by atoms with van der Waals surface area (Å²) in [6.07, 6.45) is 6.08. The second-order valence-corrected chi connectivity index (χ2v) is 7.95. The van der Waals surface area contributed by atoms with E-state index in [1.165, 1.54) is 19.3 Å². The van der Waals surface area contributed by atoms with Crippen LogP contribution in [0.1, 0.15) is 42.5 Å². The first-order valence-electron chi connectivity index (χ1n) is 10.0. The zero-order valence-electron chi connectivity index (χ0n) is 16.4. The summed E-state index contributed by atoms with van der Waals surface area (Å²) in [6, 6.07) is 5.41. The van der Waals surface area contributed by atoms with Gasteiger partial charge in [0, 0.05) is 38.3 Å². The second kappa shape index (κ2) is 7.68. The highest BCUT2D eigenvalue weighted by Gasteiger charge is 2.48. The van der Waals surface area contributed by atoms with Crippen LogP contribution < -0.4 is 9.47 Å². The Morgan fingerprint density at radius 3 is 2.78 bits per heavy atom. The van der Waals surface area contributed by atoms with Crippen molar-refractivity contribution in [1.82, 2.24) is 9.80 Å². The smallest absolute Gasteiger partial charge is 0.257 e. The maximum atomic E-state index is 13.3. The lowest BCUT2D eigenvalue weighted by atomic mass is 9.77. The molecule has 0 aromatic heterocycles. The van der Waals surface area contributed by atoms with E-state index in [0.29, 0.717) is 23.2 Å². The first kappa shape index (κ1) is 18.6. The maximum absolute atomic E-state index is 13.3. The number of likely N-dealkylation sites (tertiary alicyclic amines) is 2. The van der Waals surface area contributed by atoms with Crippen LogP contribution in [-0.4, -0.2) is 74.4 Å². The molecule has 0 N–H and O–H groups in total. The number of carbonyl (C=O) groups excluding carboxylic acids is 1. The number of rotatable bonds is 5. The summed E-state index contributed by atoms with van der Waals surface area (Å²) in [7, 11) is 3.22. The van der Waals surface area contributed by atoms with Crippen molar-refractivity contribution in [3.8, 4) is 11.5 Å². The van der Waals surface area contributed by atoms with E-state index in [-0.39, 0.29) is 11.4 Å². The Kier molecular flexibility index (Phi) is 5.28. The molecule has 1 spiro atoms. The Hall–Kier alpha value is -1.79. The molecular weight excluding hydrogens is 344 g/mol. The highest BCUT2D eigenvalue weighted by Crippen LogP contribution is 2.40. The van der Waals surface area contributed by atoms with Crippen LogP contribution in [0, 0.1) is 0 Å². The molecule has 6 nitrogen and oxygen atoms in total. The van der Waals surface area contributed by atoms with Crippen molar-refractivity contribution in [2.45, 2.75) is 43.7 Å². The highest BCUT2D eigenvalue weighted by molar-refractivity contribution is 5.97. The molecule has 2 atom stereocenters. The molecule has 27 heavy (non-hydrogen) atoms. The van der Waals surface area contributed by atoms with Crippen LogP contribution in [0.4, 0.5) is 0 Å². The zero-order valence-corrected chi connectivity index (χ0v) is 16.4. The van der Waals surface area contributed by atoms with Crippen molar-refractivity contribution < 1.29 is 19.0 Å². The summed E-state index contributed by atoms with van der Waals surface area (Å²) < 4.78 is 16.6. The molecule has 148 valence electrons. The standard InChI is InChI=1S/C21H30N2O4/c1-25-16-6-7-19(26-2)18(13-16)20(24)22-10-4-8-21(15-22)9-11-23(21)14-17-5-3-12-27-17/h6-7,13,17H,3-5,8-12,14-15H2,1-2H3/t17-,21+/m1/s1. The van der Waals surface area contributed by atoms with Gasteiger partial charge in [-0.1, -0.05) is 0 Å². The molecule has 0 aliphatic carbocycles. The third-order valence-electron chi connectivity index (χ3n) is 6.45. The minimum atomic E-state index is 0.0359. The first-order chi connectivity index (χ1) is 13.1. The van der Waals surface area contributed by atoms with Gasteiger partial charge in [-0.15, -0.1) is 0 Å². The topological polar surface area (TPSA) is 51.2 Å². The van der Waals surface area contributed by atoms with Gasteiger partial charge in [-0.25, -0.2) is 0 Å². The molecule has 3 fully saturated rings. The molecule has 0 bridgehead atoms. The van der Waals surface area contributed by atoms with Gasteiger partial charge in [0.15, 0.2) is 0 Å². The van der Waals surface area contributed by atoms with Gasteiger partial charge < -0.3 is 19.1 Å². The number of hydrogen-bond donors (Lipinski definition) is 0. The number of ether oxygens (including phenoxy) is 3. The third kappa shape index (κ3) is 3.52. The number of amides is 1. The molecule has 3 aliphatic heterocycles. The molecule has 1 aromatic carbocycles. The second-order valence-electron chi connectivity index (χ2n) is 7.95. The predicted octanol–water partition coefficient (Wildman–Crippen LogP) is 2.56. The number of benzene rings is 1. The predicted molar refractivity (Wildman–Crippen MR) is 103 cm³/mol. The van der Waals surface area contributed by atoms with Crippen molar-refractivity contribution in [3.05, 3.63) is 23.8 Å². The molecule has 3 heterocycles. The largest absolute Gasteiger partial charge is 0.497 e. The molecule has 3 saturated heterocycles. The van der Waals surface area contributed by atoms with Crippen molar-refractivity contribution in [1.29, 1.82) is 0 Å². The van der Waals surface area contributed by atoms with Crippen LogP contribution in [0.5, 0.6) is 11.5 Å². The van der Waals surface area contributed by atoms with Gasteiger partial charge in [0.2, 0.25) is 0 Å². The van der Waals surface area contributed by atoms with Crippen LogP contribution in [0.25, 0.3) is 0 Å². The van der Waals surface area contributed by atoms with Gasteiger partial charge in [-0.2, -0.15) is 0 Å². The monoisotopic (exact) mass is 374 g/mol. The van der Waals surface area contributed by atoms with Crippen molar-refractivity contribution in [2.75, 3.05) is 47.0 Å². The highest BCUT2D eigenvalue weighted by atomic mass is 16.5. The van der Waals surface area contributed by atoms with Gasteiger partial charge in [-0.05, 0) is 50.3 Å². The van der Waals surface area contributed by atoms with Crippen molar-refractivity contribution in [2.24, 2.45) is 0 Å². The fourth-order valence-corrected chi connectivity index (χ4v) is 4.80. The van der Waals surface area contributed by atoms with Crippen LogP contribution in [0.15, 0.2) is 18.2 Å². The number of nitrogens with zero attached hydrogens (tertiary/aromatic N) is 2. The number of piperidine rings is 1. The van der Waals surface area contributed by atoms with E-state index in [4.69, 9.17) is 14.2 Å². The number of hydrogen-bond acceptors (Lipinski definition) is 5. The van der Waals surface area contributed by atoms with Gasteiger partial charge in [0.05, 0.1) is 25.9 Å². The summed E-state index contributed by atoms with van der Waals surface area (Å²) in [6.45, 7) is 4.61. The van der Waals surface area contributed by atoms with Gasteiger partial charge in [0.25, 0.3) is 5.91 Å². The Balaban J connectivity index is 1.49. The molecular formula is C21H30N2O4. The van der Waals surface area contributed by atoms with Crippen LogP contribution >= 0.6 is 0 Å². The lowest BCUT2D eigenvalue weighted by Crippen LogP contribution is -2.68. The molecule has 3 aliphatic rings. The van der Waals surface area contributed by atoms with E-state index < -0.39 is 0 Å². The Morgan fingerprint density at radius 1 is 1.22 bits per heavy atom. The molecule has 0 radical (unpaired) electrons. The average Bonchev–Trinajstić information content (AvgIpc) is 3.23. The average molecular weight is 374 g/mol. The molecule has 4 rings (SSSR count). The van der Waals surface area contributed by atoms with Crippen LogP contribution in [0.2, 0.25) is 0 Å². The fraction of sp³-hybridized carbons (Fsp3) is 0.667. The summed E-state index contributed by atoms with van der Waals surface area (Å²) in [4.78, 5) is 17.8. The van der Waals surface area contributed by atoms with E-state index in [9.17, 15) is 4.79 Å². The molecule has 0 saturated carbocycles. The van der Waals surface area contributed by atoms with E-state index >= 15 is 0 Å². The van der Waals surface area contributed by atoms with Crippen molar-refractivity contribution in [3.63, 3.8) is 0 Å². The van der Waals surface area contributed by atoms with Crippen molar-refractivity contribution >= 4 is 5.91 Å². The van der Waals surface area contributed by atoms with E-state index in [1.807, 2.05) is 11.0 Å². The first-order valence-corrected chi connectivity index (χ1v) is 10.0. The van der Waals surface area contributed by atoms with E-state index in [0.717, 1.165) is 45.6 Å².